The number of hydrogen-bond donors (Lipinski definition) is 0. The Morgan fingerprint density at radius 3 is 2.83 bits per heavy atom. The molecule has 0 saturated carbocycles. The van der Waals surface area contributed by atoms with Gasteiger partial charge in [0, 0.05) is 24.3 Å². The van der Waals surface area contributed by atoms with Crippen molar-refractivity contribution in [1.29, 1.82) is 0 Å². The minimum atomic E-state index is -0.136. The second kappa shape index (κ2) is 5.16. The van der Waals surface area contributed by atoms with Gasteiger partial charge in [0.15, 0.2) is 0 Å². The van der Waals surface area contributed by atoms with Crippen molar-refractivity contribution in [2.45, 2.75) is 26.8 Å². The summed E-state index contributed by atoms with van der Waals surface area (Å²) in [6, 6.07) is 0. The van der Waals surface area contributed by atoms with E-state index in [0.717, 1.165) is 13.0 Å². The van der Waals surface area contributed by atoms with Crippen LogP contribution in [0.1, 0.15) is 17.7 Å². The molecule has 1 aromatic rings. The Hall–Kier alpha value is -1.91. The molecule has 0 spiro atoms. The van der Waals surface area contributed by atoms with Gasteiger partial charge in [-0.2, -0.15) is 0 Å². The summed E-state index contributed by atoms with van der Waals surface area (Å²) < 4.78 is 1.38. The van der Waals surface area contributed by atoms with E-state index in [1.807, 2.05) is 6.08 Å². The number of carbonyl (C=O) groups excluding carboxylic acids is 1. The van der Waals surface area contributed by atoms with E-state index in [2.05, 4.69) is 11.1 Å². The first-order valence-electron chi connectivity index (χ1n) is 6.05. The zero-order chi connectivity index (χ0) is 13.1. The summed E-state index contributed by atoms with van der Waals surface area (Å²) in [5, 5.41) is 0. The number of carbonyl (C=O) groups is 1. The second-order valence-corrected chi connectivity index (χ2v) is 4.49. The van der Waals surface area contributed by atoms with Crippen molar-refractivity contribution >= 4 is 5.91 Å². The van der Waals surface area contributed by atoms with Gasteiger partial charge in [0.1, 0.15) is 6.54 Å². The van der Waals surface area contributed by atoms with Gasteiger partial charge in [-0.3, -0.25) is 14.2 Å². The van der Waals surface area contributed by atoms with Crippen LogP contribution in [-0.4, -0.2) is 33.4 Å². The maximum Gasteiger partial charge on any atom is 0.256 e. The van der Waals surface area contributed by atoms with Gasteiger partial charge in [-0.1, -0.05) is 12.2 Å². The van der Waals surface area contributed by atoms with E-state index in [-0.39, 0.29) is 18.0 Å². The number of aromatic nitrogens is 2. The number of aryl methyl sites for hydroxylation is 1. The highest BCUT2D eigenvalue weighted by atomic mass is 16.2. The van der Waals surface area contributed by atoms with Crippen molar-refractivity contribution in [1.82, 2.24) is 14.5 Å². The van der Waals surface area contributed by atoms with Gasteiger partial charge in [0.05, 0.1) is 6.33 Å². The first kappa shape index (κ1) is 12.5. The Bertz CT molecular complexity index is 546. The standard InChI is InChI=1S/C13H17N3O2/c1-10-11(2)14-9-16(13(10)18)8-12(17)15-6-4-3-5-7-15/h3-4,9H,5-8H2,1-2H3. The number of hydrogen-bond acceptors (Lipinski definition) is 3. The molecule has 2 heterocycles. The average Bonchev–Trinajstić information content (AvgIpc) is 2.40. The van der Waals surface area contributed by atoms with Crippen molar-refractivity contribution in [3.63, 3.8) is 0 Å². The Balaban J connectivity index is 2.14. The van der Waals surface area contributed by atoms with Crippen molar-refractivity contribution in [2.24, 2.45) is 0 Å². The van der Waals surface area contributed by atoms with E-state index in [9.17, 15) is 9.59 Å². The summed E-state index contributed by atoms with van der Waals surface area (Å²) >= 11 is 0. The molecule has 0 aliphatic carbocycles. The lowest BCUT2D eigenvalue weighted by atomic mass is 10.2. The van der Waals surface area contributed by atoms with E-state index in [4.69, 9.17) is 0 Å². The maximum atomic E-state index is 12.0. The van der Waals surface area contributed by atoms with Gasteiger partial charge < -0.3 is 4.90 Å². The number of amides is 1. The molecule has 0 N–H and O–H groups in total. The zero-order valence-electron chi connectivity index (χ0n) is 10.7. The molecule has 1 aromatic heterocycles. The largest absolute Gasteiger partial charge is 0.337 e. The number of nitrogens with zero attached hydrogens (tertiary/aromatic N) is 3. The van der Waals surface area contributed by atoms with Gasteiger partial charge >= 0.3 is 0 Å². The SMILES string of the molecule is Cc1ncn(CC(=O)N2CC=CCC2)c(=O)c1C. The molecule has 0 atom stereocenters. The van der Waals surface area contributed by atoms with Crippen LogP contribution in [0.15, 0.2) is 23.3 Å². The van der Waals surface area contributed by atoms with Crippen LogP contribution in [-0.2, 0) is 11.3 Å². The molecule has 0 radical (unpaired) electrons. The quantitative estimate of drug-likeness (QED) is 0.721. The van der Waals surface area contributed by atoms with Gasteiger partial charge in [0.25, 0.3) is 5.56 Å². The van der Waals surface area contributed by atoms with E-state index in [0.29, 0.717) is 17.8 Å². The van der Waals surface area contributed by atoms with Crippen LogP contribution in [0.2, 0.25) is 0 Å². The molecule has 0 bridgehead atoms. The predicted molar refractivity (Wildman–Crippen MR) is 68.3 cm³/mol. The van der Waals surface area contributed by atoms with E-state index in [1.54, 1.807) is 18.7 Å². The predicted octanol–water partition coefficient (Wildman–Crippen LogP) is 0.649. The summed E-state index contributed by atoms with van der Waals surface area (Å²) in [4.78, 5) is 29.8. The Morgan fingerprint density at radius 1 is 1.39 bits per heavy atom. The minimum Gasteiger partial charge on any atom is -0.337 e. The molecule has 1 aliphatic heterocycles. The van der Waals surface area contributed by atoms with Crippen LogP contribution >= 0.6 is 0 Å². The highest BCUT2D eigenvalue weighted by molar-refractivity contribution is 5.76. The lowest BCUT2D eigenvalue weighted by molar-refractivity contribution is -0.131. The highest BCUT2D eigenvalue weighted by Crippen LogP contribution is 2.03. The average molecular weight is 247 g/mol. The third-order valence-corrected chi connectivity index (χ3v) is 3.23. The Labute approximate surface area is 106 Å². The van der Waals surface area contributed by atoms with E-state index < -0.39 is 0 Å². The summed E-state index contributed by atoms with van der Waals surface area (Å²) in [7, 11) is 0. The Kier molecular flexibility index (Phi) is 3.60. The minimum absolute atomic E-state index is 0.0356. The lowest BCUT2D eigenvalue weighted by Gasteiger charge is -2.23. The van der Waals surface area contributed by atoms with Crippen LogP contribution < -0.4 is 5.56 Å². The Morgan fingerprint density at radius 2 is 2.17 bits per heavy atom. The normalized spacial score (nSPS) is 14.9. The summed E-state index contributed by atoms with van der Waals surface area (Å²) in [6.45, 7) is 4.95. The molecule has 0 saturated heterocycles. The van der Waals surface area contributed by atoms with Crippen molar-refractivity contribution in [3.8, 4) is 0 Å². The fraction of sp³-hybridized carbons (Fsp3) is 0.462. The molecular weight excluding hydrogens is 230 g/mol. The molecule has 1 amide bonds. The van der Waals surface area contributed by atoms with Crippen LogP contribution in [0.5, 0.6) is 0 Å². The molecule has 5 nitrogen and oxygen atoms in total. The molecule has 2 rings (SSSR count). The first-order valence-corrected chi connectivity index (χ1v) is 6.05. The van der Waals surface area contributed by atoms with E-state index >= 15 is 0 Å². The second-order valence-electron chi connectivity index (χ2n) is 4.49. The first-order chi connectivity index (χ1) is 8.59. The van der Waals surface area contributed by atoms with Crippen LogP contribution in [0.3, 0.4) is 0 Å². The monoisotopic (exact) mass is 247 g/mol. The highest BCUT2D eigenvalue weighted by Gasteiger charge is 2.15. The fourth-order valence-corrected chi connectivity index (χ4v) is 1.90. The number of rotatable bonds is 2. The van der Waals surface area contributed by atoms with Crippen molar-refractivity contribution in [3.05, 3.63) is 40.1 Å². The smallest absolute Gasteiger partial charge is 0.256 e. The third-order valence-electron chi connectivity index (χ3n) is 3.23. The summed E-state index contributed by atoms with van der Waals surface area (Å²) in [5.41, 5.74) is 1.18. The van der Waals surface area contributed by atoms with Crippen LogP contribution in [0, 0.1) is 13.8 Å². The van der Waals surface area contributed by atoms with Gasteiger partial charge in [-0.15, -0.1) is 0 Å². The molecule has 0 fully saturated rings. The van der Waals surface area contributed by atoms with E-state index in [1.165, 1.54) is 10.9 Å². The van der Waals surface area contributed by atoms with Gasteiger partial charge in [-0.05, 0) is 20.3 Å². The van der Waals surface area contributed by atoms with Gasteiger partial charge in [-0.25, -0.2) is 4.98 Å². The van der Waals surface area contributed by atoms with Crippen LogP contribution in [0.4, 0.5) is 0 Å². The molecule has 96 valence electrons. The molecule has 5 heteroatoms. The summed E-state index contributed by atoms with van der Waals surface area (Å²) in [5.74, 6) is -0.0356. The molecule has 1 aliphatic rings. The summed E-state index contributed by atoms with van der Waals surface area (Å²) in [6.07, 6.45) is 6.37. The van der Waals surface area contributed by atoms with Crippen LogP contribution in [0.25, 0.3) is 0 Å². The molecular formula is C13H17N3O2. The topological polar surface area (TPSA) is 55.2 Å². The van der Waals surface area contributed by atoms with Crippen molar-refractivity contribution < 1.29 is 4.79 Å². The van der Waals surface area contributed by atoms with Crippen molar-refractivity contribution in [2.75, 3.05) is 13.1 Å². The molecule has 0 unspecified atom stereocenters. The fourth-order valence-electron chi connectivity index (χ4n) is 1.90. The lowest BCUT2D eigenvalue weighted by Crippen LogP contribution is -2.38. The zero-order valence-corrected chi connectivity index (χ0v) is 10.7. The van der Waals surface area contributed by atoms with Gasteiger partial charge in [0.2, 0.25) is 5.91 Å². The maximum absolute atomic E-state index is 12.0. The molecule has 0 aromatic carbocycles. The molecule has 18 heavy (non-hydrogen) atoms. The third kappa shape index (κ3) is 2.50.